The fourth-order valence-electron chi connectivity index (χ4n) is 4.31. The van der Waals surface area contributed by atoms with Crippen molar-refractivity contribution in [1.29, 1.82) is 0 Å². The van der Waals surface area contributed by atoms with E-state index >= 15 is 0 Å². The number of hydrogen-bond acceptors (Lipinski definition) is 3. The minimum Gasteiger partial charge on any atom is -0.489 e. The van der Waals surface area contributed by atoms with Gasteiger partial charge in [-0.05, 0) is 55.0 Å². The minimum atomic E-state index is 0.160. The lowest BCUT2D eigenvalue weighted by molar-refractivity contribution is 0.0521. The standard InChI is InChI=1S/C22H26N2O2/c25-22(24-13-11-18-5-1-2-6-20(18)15-24)19-7-9-21(10-8-19)26-16-17-4-3-12-23-14-17/h3-4,7-10,12,14,18,20H,1-2,5-6,11,13,15-16H2. The number of nitrogens with zero attached hydrogens (tertiary/aromatic N) is 2. The summed E-state index contributed by atoms with van der Waals surface area (Å²) >= 11 is 0. The highest BCUT2D eigenvalue weighted by Gasteiger charge is 2.33. The van der Waals surface area contributed by atoms with Crippen LogP contribution in [0.3, 0.4) is 0 Å². The average molecular weight is 350 g/mol. The second kappa shape index (κ2) is 7.90. The lowest BCUT2D eigenvalue weighted by atomic mass is 9.75. The van der Waals surface area contributed by atoms with Gasteiger partial charge < -0.3 is 9.64 Å². The maximum absolute atomic E-state index is 12.8. The Morgan fingerprint density at radius 1 is 1.08 bits per heavy atom. The summed E-state index contributed by atoms with van der Waals surface area (Å²) in [6.07, 6.45) is 10.1. The fraction of sp³-hybridized carbons (Fsp3) is 0.455. The van der Waals surface area contributed by atoms with Gasteiger partial charge in [-0.15, -0.1) is 0 Å². The van der Waals surface area contributed by atoms with Gasteiger partial charge in [-0.1, -0.05) is 25.3 Å². The molecule has 2 aromatic rings. The van der Waals surface area contributed by atoms with Gasteiger partial charge in [0.25, 0.3) is 5.91 Å². The van der Waals surface area contributed by atoms with Crippen molar-refractivity contribution in [2.45, 2.75) is 38.7 Å². The van der Waals surface area contributed by atoms with E-state index in [9.17, 15) is 4.79 Å². The van der Waals surface area contributed by atoms with Gasteiger partial charge in [-0.25, -0.2) is 0 Å². The molecular formula is C22H26N2O2. The number of carbonyl (C=O) groups is 1. The molecule has 0 radical (unpaired) electrons. The van der Waals surface area contributed by atoms with Crippen LogP contribution in [0.4, 0.5) is 0 Å². The van der Waals surface area contributed by atoms with Gasteiger partial charge in [-0.2, -0.15) is 0 Å². The number of amides is 1. The number of rotatable bonds is 4. The van der Waals surface area contributed by atoms with E-state index in [0.717, 1.165) is 35.9 Å². The maximum atomic E-state index is 12.8. The molecule has 4 rings (SSSR count). The molecule has 1 aromatic carbocycles. The van der Waals surface area contributed by atoms with Crippen LogP contribution >= 0.6 is 0 Å². The van der Waals surface area contributed by atoms with E-state index in [4.69, 9.17) is 4.74 Å². The van der Waals surface area contributed by atoms with Gasteiger partial charge in [0.2, 0.25) is 0 Å². The Morgan fingerprint density at radius 3 is 2.65 bits per heavy atom. The molecule has 0 N–H and O–H groups in total. The van der Waals surface area contributed by atoms with Gasteiger partial charge in [0.1, 0.15) is 12.4 Å². The van der Waals surface area contributed by atoms with Crippen LogP contribution in [0.15, 0.2) is 48.8 Å². The van der Waals surface area contributed by atoms with Crippen molar-refractivity contribution >= 4 is 5.91 Å². The van der Waals surface area contributed by atoms with Gasteiger partial charge >= 0.3 is 0 Å². The van der Waals surface area contributed by atoms with Gasteiger partial charge in [-0.3, -0.25) is 9.78 Å². The highest BCUT2D eigenvalue weighted by Crippen LogP contribution is 2.36. The van der Waals surface area contributed by atoms with Crippen LogP contribution in [-0.2, 0) is 6.61 Å². The molecule has 1 aromatic heterocycles. The number of hydrogen-bond donors (Lipinski definition) is 0. The second-order valence-electron chi connectivity index (χ2n) is 7.52. The minimum absolute atomic E-state index is 0.160. The molecule has 2 fully saturated rings. The first-order chi connectivity index (χ1) is 12.8. The van der Waals surface area contributed by atoms with Crippen LogP contribution in [0.2, 0.25) is 0 Å². The quantitative estimate of drug-likeness (QED) is 0.825. The molecule has 2 unspecified atom stereocenters. The van der Waals surface area contributed by atoms with Gasteiger partial charge in [0.15, 0.2) is 0 Å². The number of benzene rings is 1. The number of likely N-dealkylation sites (tertiary alicyclic amines) is 1. The molecule has 2 heterocycles. The summed E-state index contributed by atoms with van der Waals surface area (Å²) < 4.78 is 5.78. The van der Waals surface area contributed by atoms with E-state index in [1.165, 1.54) is 32.1 Å². The topological polar surface area (TPSA) is 42.4 Å². The Balaban J connectivity index is 1.35. The molecule has 1 aliphatic carbocycles. The van der Waals surface area contributed by atoms with Crippen LogP contribution in [-0.4, -0.2) is 28.9 Å². The predicted molar refractivity (Wildman–Crippen MR) is 101 cm³/mol. The van der Waals surface area contributed by atoms with Crippen molar-refractivity contribution < 1.29 is 9.53 Å². The summed E-state index contributed by atoms with van der Waals surface area (Å²) in [6, 6.07) is 11.4. The summed E-state index contributed by atoms with van der Waals surface area (Å²) in [5, 5.41) is 0. The summed E-state index contributed by atoms with van der Waals surface area (Å²) in [6.45, 7) is 2.32. The van der Waals surface area contributed by atoms with Crippen molar-refractivity contribution in [2.75, 3.05) is 13.1 Å². The van der Waals surface area contributed by atoms with E-state index in [-0.39, 0.29) is 5.91 Å². The van der Waals surface area contributed by atoms with Crippen molar-refractivity contribution in [3.63, 3.8) is 0 Å². The average Bonchev–Trinajstić information content (AvgIpc) is 2.72. The van der Waals surface area contributed by atoms with Crippen LogP contribution in [0.25, 0.3) is 0 Å². The van der Waals surface area contributed by atoms with Crippen molar-refractivity contribution in [3.8, 4) is 5.75 Å². The molecular weight excluding hydrogens is 324 g/mol. The highest BCUT2D eigenvalue weighted by molar-refractivity contribution is 5.94. The molecule has 0 spiro atoms. The van der Waals surface area contributed by atoms with Crippen LogP contribution in [0.5, 0.6) is 5.75 Å². The van der Waals surface area contributed by atoms with Crippen LogP contribution < -0.4 is 4.74 Å². The Morgan fingerprint density at radius 2 is 1.88 bits per heavy atom. The summed E-state index contributed by atoms with van der Waals surface area (Å²) in [7, 11) is 0. The van der Waals surface area contributed by atoms with E-state index in [1.54, 1.807) is 12.4 Å². The number of aromatic nitrogens is 1. The third-order valence-electron chi connectivity index (χ3n) is 5.81. The van der Waals surface area contributed by atoms with E-state index in [1.807, 2.05) is 36.4 Å². The normalized spacial score (nSPS) is 22.5. The number of pyridine rings is 1. The Kier molecular flexibility index (Phi) is 5.19. The lowest BCUT2D eigenvalue weighted by Gasteiger charge is -2.41. The molecule has 1 saturated heterocycles. The van der Waals surface area contributed by atoms with Crippen molar-refractivity contribution in [1.82, 2.24) is 9.88 Å². The summed E-state index contributed by atoms with van der Waals surface area (Å²) in [5.41, 5.74) is 1.79. The monoisotopic (exact) mass is 350 g/mol. The third-order valence-corrected chi connectivity index (χ3v) is 5.81. The van der Waals surface area contributed by atoms with Gasteiger partial charge in [0.05, 0.1) is 0 Å². The molecule has 2 aliphatic rings. The number of fused-ring (bicyclic) bond motifs is 1. The summed E-state index contributed by atoms with van der Waals surface area (Å²) in [5.74, 6) is 2.49. The predicted octanol–water partition coefficient (Wildman–Crippen LogP) is 4.31. The first kappa shape index (κ1) is 17.1. The van der Waals surface area contributed by atoms with Crippen molar-refractivity contribution in [3.05, 3.63) is 59.9 Å². The molecule has 0 bridgehead atoms. The first-order valence-electron chi connectivity index (χ1n) is 9.70. The third kappa shape index (κ3) is 3.90. The zero-order valence-electron chi connectivity index (χ0n) is 15.1. The van der Waals surface area contributed by atoms with Gasteiger partial charge in [0, 0.05) is 36.6 Å². The molecule has 2 atom stereocenters. The zero-order chi connectivity index (χ0) is 17.8. The lowest BCUT2D eigenvalue weighted by Crippen LogP contribution is -2.44. The first-order valence-corrected chi connectivity index (χ1v) is 9.70. The number of carbonyl (C=O) groups excluding carboxylic acids is 1. The SMILES string of the molecule is O=C(c1ccc(OCc2cccnc2)cc1)N1CCC2CCCCC2C1. The summed E-state index contributed by atoms with van der Waals surface area (Å²) in [4.78, 5) is 19.0. The second-order valence-corrected chi connectivity index (χ2v) is 7.52. The number of ether oxygens (including phenoxy) is 1. The smallest absolute Gasteiger partial charge is 0.253 e. The molecule has 4 nitrogen and oxygen atoms in total. The zero-order valence-corrected chi connectivity index (χ0v) is 15.1. The van der Waals surface area contributed by atoms with Crippen LogP contribution in [0, 0.1) is 11.8 Å². The fourth-order valence-corrected chi connectivity index (χ4v) is 4.31. The molecule has 26 heavy (non-hydrogen) atoms. The number of piperidine rings is 1. The maximum Gasteiger partial charge on any atom is 0.253 e. The Labute approximate surface area is 155 Å². The van der Waals surface area contributed by atoms with Crippen LogP contribution in [0.1, 0.15) is 48.0 Å². The molecule has 136 valence electrons. The van der Waals surface area contributed by atoms with E-state index in [0.29, 0.717) is 12.5 Å². The molecule has 4 heteroatoms. The largest absolute Gasteiger partial charge is 0.489 e. The Bertz CT molecular complexity index is 730. The molecule has 1 aliphatic heterocycles. The Hall–Kier alpha value is -2.36. The van der Waals surface area contributed by atoms with E-state index in [2.05, 4.69) is 9.88 Å². The molecule has 1 amide bonds. The highest BCUT2D eigenvalue weighted by atomic mass is 16.5. The van der Waals surface area contributed by atoms with Crippen molar-refractivity contribution in [2.24, 2.45) is 11.8 Å². The molecule has 1 saturated carbocycles. The van der Waals surface area contributed by atoms with E-state index < -0.39 is 0 Å².